The van der Waals surface area contributed by atoms with E-state index in [1.807, 2.05) is 4.72 Å². The molecule has 2 heterocycles. The molecule has 182 valence electrons. The molecule has 35 heavy (non-hydrogen) atoms. The minimum absolute atomic E-state index is 0.0494. The number of sulfonamides is 1. The number of benzene rings is 1. The van der Waals surface area contributed by atoms with Gasteiger partial charge in [-0.15, -0.1) is 17.8 Å². The maximum absolute atomic E-state index is 14.4. The van der Waals surface area contributed by atoms with Crippen molar-refractivity contribution in [3.8, 4) is 22.9 Å². The first kappa shape index (κ1) is 25.9. The van der Waals surface area contributed by atoms with E-state index in [2.05, 4.69) is 16.2 Å². The molecule has 3 rings (SSSR count). The van der Waals surface area contributed by atoms with Gasteiger partial charge in [-0.3, -0.25) is 9.52 Å². The Balaban J connectivity index is 1.77. The Hall–Kier alpha value is -3.69. The van der Waals surface area contributed by atoms with Crippen LogP contribution in [0.4, 0.5) is 23.2 Å². The molecule has 0 atom stereocenters. The molecule has 12 heteroatoms. The third-order valence-electron chi connectivity index (χ3n) is 4.45. The van der Waals surface area contributed by atoms with E-state index in [1.54, 1.807) is 17.5 Å². The van der Waals surface area contributed by atoms with Gasteiger partial charge in [0.1, 0.15) is 11.5 Å². The van der Waals surface area contributed by atoms with Crippen LogP contribution in [0.25, 0.3) is 16.6 Å². The zero-order valence-electron chi connectivity index (χ0n) is 18.0. The highest BCUT2D eigenvalue weighted by atomic mass is 32.2. The number of carbonyl (C=O) groups is 1. The number of terminal acetylenes is 1. The van der Waals surface area contributed by atoms with E-state index in [0.29, 0.717) is 10.4 Å². The van der Waals surface area contributed by atoms with Crippen LogP contribution in [-0.2, 0) is 27.5 Å². The molecule has 2 aromatic heterocycles. The summed E-state index contributed by atoms with van der Waals surface area (Å²) < 4.78 is 78.5. The maximum atomic E-state index is 14.4. The minimum Gasteiger partial charge on any atom is -0.348 e. The van der Waals surface area contributed by atoms with E-state index in [1.165, 1.54) is 29.5 Å². The first-order valence-electron chi connectivity index (χ1n) is 9.72. The van der Waals surface area contributed by atoms with Gasteiger partial charge in [0.2, 0.25) is 15.9 Å². The SMILES string of the molecule is C#Cc1cc(CNC(=O)C=Cc2ccc(C(F)(F)F)nc2-c2cccs2)cc(F)c1NS(C)(=O)=O. The van der Waals surface area contributed by atoms with E-state index in [4.69, 9.17) is 6.42 Å². The number of pyridine rings is 1. The van der Waals surface area contributed by atoms with Gasteiger partial charge in [-0.25, -0.2) is 17.8 Å². The second kappa shape index (κ2) is 10.3. The van der Waals surface area contributed by atoms with Crippen LogP contribution in [-0.4, -0.2) is 25.6 Å². The summed E-state index contributed by atoms with van der Waals surface area (Å²) in [7, 11) is -3.77. The Bertz CT molecular complexity index is 1430. The number of carbonyl (C=O) groups excluding carboxylic acids is 1. The molecule has 6 nitrogen and oxygen atoms in total. The number of aromatic nitrogens is 1. The van der Waals surface area contributed by atoms with Crippen LogP contribution < -0.4 is 10.0 Å². The van der Waals surface area contributed by atoms with Crippen molar-refractivity contribution < 1.29 is 30.8 Å². The summed E-state index contributed by atoms with van der Waals surface area (Å²) in [5, 5.41) is 4.20. The van der Waals surface area contributed by atoms with E-state index in [0.717, 1.165) is 24.5 Å². The van der Waals surface area contributed by atoms with Crippen molar-refractivity contribution in [1.82, 2.24) is 10.3 Å². The number of amides is 1. The number of nitrogens with one attached hydrogen (secondary N) is 2. The average Bonchev–Trinajstić information content (AvgIpc) is 3.31. The van der Waals surface area contributed by atoms with Gasteiger partial charge in [-0.2, -0.15) is 13.2 Å². The highest BCUT2D eigenvalue weighted by Crippen LogP contribution is 2.33. The fraction of sp³-hybridized carbons (Fsp3) is 0.130. The van der Waals surface area contributed by atoms with Crippen molar-refractivity contribution in [2.45, 2.75) is 12.7 Å². The zero-order valence-corrected chi connectivity index (χ0v) is 19.6. The fourth-order valence-electron chi connectivity index (χ4n) is 2.95. The van der Waals surface area contributed by atoms with Crippen molar-refractivity contribution in [1.29, 1.82) is 0 Å². The molecular weight excluding hydrogens is 506 g/mol. The highest BCUT2D eigenvalue weighted by Gasteiger charge is 2.33. The van der Waals surface area contributed by atoms with Crippen molar-refractivity contribution in [3.05, 3.63) is 76.1 Å². The van der Waals surface area contributed by atoms with Crippen LogP contribution >= 0.6 is 11.3 Å². The van der Waals surface area contributed by atoms with Gasteiger partial charge < -0.3 is 5.32 Å². The lowest BCUT2D eigenvalue weighted by atomic mass is 10.1. The van der Waals surface area contributed by atoms with Crippen LogP contribution in [0.3, 0.4) is 0 Å². The van der Waals surface area contributed by atoms with Gasteiger partial charge in [0.05, 0.1) is 28.1 Å². The van der Waals surface area contributed by atoms with Crippen molar-refractivity contribution in [2.24, 2.45) is 0 Å². The topological polar surface area (TPSA) is 88.2 Å². The number of halogens is 4. The third kappa shape index (κ3) is 6.91. The largest absolute Gasteiger partial charge is 0.433 e. The summed E-state index contributed by atoms with van der Waals surface area (Å²) >= 11 is 1.20. The Morgan fingerprint density at radius 2 is 2.00 bits per heavy atom. The molecule has 3 aromatic rings. The molecule has 0 unspecified atom stereocenters. The van der Waals surface area contributed by atoms with Crippen LogP contribution in [0.1, 0.15) is 22.4 Å². The quantitative estimate of drug-likeness (QED) is 0.268. The predicted molar refractivity (Wildman–Crippen MR) is 126 cm³/mol. The Kier molecular flexibility index (Phi) is 7.62. The van der Waals surface area contributed by atoms with Crippen LogP contribution in [0.5, 0.6) is 0 Å². The van der Waals surface area contributed by atoms with Crippen molar-refractivity contribution in [2.75, 3.05) is 11.0 Å². The number of alkyl halides is 3. The molecule has 0 aliphatic rings. The predicted octanol–water partition coefficient (Wildman–Crippen LogP) is 4.65. The van der Waals surface area contributed by atoms with Crippen molar-refractivity contribution >= 4 is 39.0 Å². The molecule has 1 amide bonds. The summed E-state index contributed by atoms with van der Waals surface area (Å²) in [5.74, 6) is 0.666. The highest BCUT2D eigenvalue weighted by molar-refractivity contribution is 7.92. The standard InChI is InChI=1S/C23H17F4N3O3S2/c1-3-15-11-14(12-17(24)21(15)30-35(2,32)33)13-28-20(31)9-7-16-6-8-19(23(25,26)27)29-22(16)18-5-4-10-34-18/h1,4-12,30H,13H2,2H3,(H,28,31). The molecule has 0 aliphatic carbocycles. The number of thiophene rings is 1. The monoisotopic (exact) mass is 523 g/mol. The Labute approximate surface area is 202 Å². The van der Waals surface area contributed by atoms with Crippen LogP contribution in [0.15, 0.2) is 47.9 Å². The summed E-state index contributed by atoms with van der Waals surface area (Å²) in [5.41, 5.74) is -0.831. The molecule has 1 aromatic carbocycles. The Morgan fingerprint density at radius 3 is 2.60 bits per heavy atom. The minimum atomic E-state index is -4.62. The molecule has 0 aliphatic heterocycles. The van der Waals surface area contributed by atoms with Gasteiger partial charge in [0.15, 0.2) is 0 Å². The van der Waals surface area contributed by atoms with Gasteiger partial charge >= 0.3 is 6.18 Å². The second-order valence-corrected chi connectivity index (χ2v) is 9.88. The molecule has 0 radical (unpaired) electrons. The Morgan fingerprint density at radius 1 is 1.26 bits per heavy atom. The van der Waals surface area contributed by atoms with Gasteiger partial charge in [-0.1, -0.05) is 18.1 Å². The number of nitrogens with zero attached hydrogens (tertiary/aromatic N) is 1. The van der Waals surface area contributed by atoms with E-state index >= 15 is 0 Å². The van der Waals surface area contributed by atoms with Gasteiger partial charge in [-0.05, 0) is 41.3 Å². The third-order valence-corrected chi connectivity index (χ3v) is 5.90. The molecule has 2 N–H and O–H groups in total. The van der Waals surface area contributed by atoms with Crippen LogP contribution in [0.2, 0.25) is 0 Å². The maximum Gasteiger partial charge on any atom is 0.433 e. The summed E-state index contributed by atoms with van der Waals surface area (Å²) in [6.45, 7) is -0.142. The summed E-state index contributed by atoms with van der Waals surface area (Å²) in [6.07, 6.45) is 4.01. The smallest absolute Gasteiger partial charge is 0.348 e. The van der Waals surface area contributed by atoms with Crippen LogP contribution in [0, 0.1) is 18.2 Å². The lowest BCUT2D eigenvalue weighted by Gasteiger charge is -2.11. The molecule has 0 saturated carbocycles. The first-order chi connectivity index (χ1) is 16.4. The van der Waals surface area contributed by atoms with E-state index in [9.17, 15) is 30.8 Å². The normalized spacial score (nSPS) is 11.9. The van der Waals surface area contributed by atoms with Crippen molar-refractivity contribution in [3.63, 3.8) is 0 Å². The zero-order chi connectivity index (χ0) is 25.8. The van der Waals surface area contributed by atoms with E-state index < -0.39 is 33.6 Å². The lowest BCUT2D eigenvalue weighted by Crippen LogP contribution is -2.20. The molecule has 0 bridgehead atoms. The summed E-state index contributed by atoms with van der Waals surface area (Å²) in [6, 6.07) is 7.69. The molecule has 0 spiro atoms. The lowest BCUT2D eigenvalue weighted by molar-refractivity contribution is -0.141. The second-order valence-electron chi connectivity index (χ2n) is 7.18. The fourth-order valence-corrected chi connectivity index (χ4v) is 4.27. The van der Waals surface area contributed by atoms with Gasteiger partial charge in [0, 0.05) is 18.2 Å². The summed E-state index contributed by atoms with van der Waals surface area (Å²) in [4.78, 5) is 16.5. The van der Waals surface area contributed by atoms with E-state index in [-0.39, 0.29) is 29.1 Å². The molecule has 0 fully saturated rings. The number of anilines is 1. The number of hydrogen-bond donors (Lipinski definition) is 2. The molecule has 0 saturated heterocycles. The number of hydrogen-bond acceptors (Lipinski definition) is 5. The molecular formula is C23H17F4N3O3S2. The first-order valence-corrected chi connectivity index (χ1v) is 12.5. The van der Waals surface area contributed by atoms with Gasteiger partial charge in [0.25, 0.3) is 0 Å². The average molecular weight is 524 g/mol. The number of rotatable bonds is 7.